The lowest BCUT2D eigenvalue weighted by Gasteiger charge is -2.23. The lowest BCUT2D eigenvalue weighted by molar-refractivity contribution is 0.267. The number of ether oxygens (including phenoxy) is 1. The van der Waals surface area contributed by atoms with Gasteiger partial charge in [-0.1, -0.05) is 26.0 Å². The van der Waals surface area contributed by atoms with Gasteiger partial charge in [-0.3, -0.25) is 4.68 Å². The summed E-state index contributed by atoms with van der Waals surface area (Å²) in [6.07, 6.45) is 0. The SMILES string of the molecule is COc1ccc([C@H](NCc2c(C)nn(CCO)c2C)C(C)C)cc1. The van der Waals surface area contributed by atoms with Crippen LogP contribution in [0.4, 0.5) is 0 Å². The Balaban J connectivity index is 2.14. The van der Waals surface area contributed by atoms with Gasteiger partial charge in [0.25, 0.3) is 0 Å². The maximum atomic E-state index is 9.14. The Morgan fingerprint density at radius 3 is 2.42 bits per heavy atom. The van der Waals surface area contributed by atoms with E-state index >= 15 is 0 Å². The molecule has 0 fully saturated rings. The number of aromatic nitrogens is 2. The van der Waals surface area contributed by atoms with Gasteiger partial charge in [0.1, 0.15) is 5.75 Å². The summed E-state index contributed by atoms with van der Waals surface area (Å²) in [4.78, 5) is 0. The molecule has 1 aromatic heterocycles. The highest BCUT2D eigenvalue weighted by molar-refractivity contribution is 5.30. The molecular formula is C19H29N3O2. The molecule has 24 heavy (non-hydrogen) atoms. The van der Waals surface area contributed by atoms with Crippen LogP contribution >= 0.6 is 0 Å². The first-order chi connectivity index (χ1) is 11.5. The zero-order valence-electron chi connectivity index (χ0n) is 15.3. The van der Waals surface area contributed by atoms with E-state index < -0.39 is 0 Å². The van der Waals surface area contributed by atoms with Crippen molar-refractivity contribution in [1.82, 2.24) is 15.1 Å². The van der Waals surface area contributed by atoms with Gasteiger partial charge in [-0.15, -0.1) is 0 Å². The van der Waals surface area contributed by atoms with E-state index in [0.717, 1.165) is 23.7 Å². The largest absolute Gasteiger partial charge is 0.497 e. The van der Waals surface area contributed by atoms with E-state index in [4.69, 9.17) is 9.84 Å². The van der Waals surface area contributed by atoms with E-state index in [0.29, 0.717) is 12.5 Å². The van der Waals surface area contributed by atoms with Crippen molar-refractivity contribution in [2.24, 2.45) is 5.92 Å². The predicted molar refractivity (Wildman–Crippen MR) is 96.2 cm³/mol. The molecule has 0 aliphatic rings. The molecule has 0 aliphatic carbocycles. The van der Waals surface area contributed by atoms with Gasteiger partial charge in [-0.05, 0) is 37.5 Å². The van der Waals surface area contributed by atoms with Crippen LogP contribution in [0.1, 0.15) is 42.4 Å². The Morgan fingerprint density at radius 1 is 1.21 bits per heavy atom. The maximum Gasteiger partial charge on any atom is 0.118 e. The second-order valence-electron chi connectivity index (χ2n) is 6.47. The fourth-order valence-electron chi connectivity index (χ4n) is 3.06. The van der Waals surface area contributed by atoms with E-state index in [9.17, 15) is 0 Å². The van der Waals surface area contributed by atoms with Gasteiger partial charge in [-0.2, -0.15) is 5.10 Å². The molecule has 2 aromatic rings. The molecule has 0 aliphatic heterocycles. The van der Waals surface area contributed by atoms with Gasteiger partial charge in [-0.25, -0.2) is 0 Å². The first kappa shape index (κ1) is 18.5. The molecule has 132 valence electrons. The molecule has 2 N–H and O–H groups in total. The van der Waals surface area contributed by atoms with Crippen molar-refractivity contribution in [3.05, 3.63) is 46.8 Å². The van der Waals surface area contributed by atoms with Gasteiger partial charge < -0.3 is 15.2 Å². The third-order valence-electron chi connectivity index (χ3n) is 4.48. The standard InChI is InChI=1S/C19H29N3O2/c1-13(2)19(16-6-8-17(24-5)9-7-16)20-12-18-14(3)21-22(10-11-23)15(18)4/h6-9,13,19-20,23H,10-12H2,1-5H3/t19-/m1/s1. The van der Waals surface area contributed by atoms with Crippen molar-refractivity contribution >= 4 is 0 Å². The van der Waals surface area contributed by atoms with Crippen molar-refractivity contribution < 1.29 is 9.84 Å². The molecule has 5 nitrogen and oxygen atoms in total. The maximum absolute atomic E-state index is 9.14. The average molecular weight is 331 g/mol. The molecule has 0 unspecified atom stereocenters. The van der Waals surface area contributed by atoms with Crippen LogP contribution in [-0.4, -0.2) is 28.6 Å². The molecule has 2 rings (SSSR count). The van der Waals surface area contributed by atoms with Crippen molar-refractivity contribution in [2.75, 3.05) is 13.7 Å². The highest BCUT2D eigenvalue weighted by Gasteiger charge is 2.18. The van der Waals surface area contributed by atoms with E-state index in [-0.39, 0.29) is 12.6 Å². The normalized spacial score (nSPS) is 12.6. The molecule has 0 amide bonds. The molecule has 5 heteroatoms. The molecule has 0 radical (unpaired) electrons. The first-order valence-corrected chi connectivity index (χ1v) is 8.49. The Kier molecular flexibility index (Phi) is 6.40. The van der Waals surface area contributed by atoms with Crippen LogP contribution in [0, 0.1) is 19.8 Å². The number of aliphatic hydroxyl groups excluding tert-OH is 1. The summed E-state index contributed by atoms with van der Waals surface area (Å²) in [5.41, 5.74) is 4.60. The summed E-state index contributed by atoms with van der Waals surface area (Å²) < 4.78 is 7.12. The Hall–Kier alpha value is -1.85. The van der Waals surface area contributed by atoms with Crippen LogP contribution in [0.25, 0.3) is 0 Å². The van der Waals surface area contributed by atoms with Gasteiger partial charge in [0.05, 0.1) is 26.0 Å². The third kappa shape index (κ3) is 4.16. The number of hydrogen-bond donors (Lipinski definition) is 2. The lowest BCUT2D eigenvalue weighted by Crippen LogP contribution is -2.25. The molecule has 0 spiro atoms. The van der Waals surface area contributed by atoms with Crippen LogP contribution < -0.4 is 10.1 Å². The second-order valence-corrected chi connectivity index (χ2v) is 6.47. The molecule has 0 saturated carbocycles. The number of nitrogens with zero attached hydrogens (tertiary/aromatic N) is 2. The van der Waals surface area contributed by atoms with Crippen LogP contribution in [0.15, 0.2) is 24.3 Å². The van der Waals surface area contributed by atoms with Crippen LogP contribution in [0.3, 0.4) is 0 Å². The summed E-state index contributed by atoms with van der Waals surface area (Å²) >= 11 is 0. The molecule has 1 aromatic carbocycles. The average Bonchev–Trinajstić information content (AvgIpc) is 2.83. The lowest BCUT2D eigenvalue weighted by atomic mass is 9.95. The van der Waals surface area contributed by atoms with Crippen molar-refractivity contribution in [3.8, 4) is 5.75 Å². The van der Waals surface area contributed by atoms with E-state index in [1.165, 1.54) is 11.1 Å². The predicted octanol–water partition coefficient (Wildman–Crippen LogP) is 2.99. The Morgan fingerprint density at radius 2 is 1.88 bits per heavy atom. The molecule has 0 bridgehead atoms. The molecule has 1 heterocycles. The smallest absolute Gasteiger partial charge is 0.118 e. The number of methoxy groups -OCH3 is 1. The molecule has 1 atom stereocenters. The Bertz CT molecular complexity index is 647. The number of nitrogens with one attached hydrogen (secondary N) is 1. The zero-order chi connectivity index (χ0) is 17.7. The zero-order valence-corrected chi connectivity index (χ0v) is 15.3. The highest BCUT2D eigenvalue weighted by Crippen LogP contribution is 2.25. The van der Waals surface area contributed by atoms with Gasteiger partial charge >= 0.3 is 0 Å². The molecular weight excluding hydrogens is 302 g/mol. The number of aryl methyl sites for hydroxylation is 1. The summed E-state index contributed by atoms with van der Waals surface area (Å²) in [7, 11) is 1.68. The first-order valence-electron chi connectivity index (χ1n) is 8.49. The summed E-state index contributed by atoms with van der Waals surface area (Å²) in [5.74, 6) is 1.34. The van der Waals surface area contributed by atoms with Crippen LogP contribution in [-0.2, 0) is 13.1 Å². The van der Waals surface area contributed by atoms with Crippen LogP contribution in [0.5, 0.6) is 5.75 Å². The summed E-state index contributed by atoms with van der Waals surface area (Å²) in [6.45, 7) is 9.93. The third-order valence-corrected chi connectivity index (χ3v) is 4.48. The Labute approximate surface area is 144 Å². The van der Waals surface area contributed by atoms with Crippen molar-refractivity contribution in [2.45, 2.75) is 46.8 Å². The fraction of sp³-hybridized carbons (Fsp3) is 0.526. The quantitative estimate of drug-likeness (QED) is 0.781. The minimum atomic E-state index is 0.106. The highest BCUT2D eigenvalue weighted by atomic mass is 16.5. The fourth-order valence-corrected chi connectivity index (χ4v) is 3.06. The van der Waals surface area contributed by atoms with Gasteiger partial charge in [0.15, 0.2) is 0 Å². The van der Waals surface area contributed by atoms with Gasteiger partial charge in [0, 0.05) is 23.8 Å². The van der Waals surface area contributed by atoms with Crippen LogP contribution in [0.2, 0.25) is 0 Å². The number of rotatable bonds is 8. The van der Waals surface area contributed by atoms with Gasteiger partial charge in [0.2, 0.25) is 0 Å². The second kappa shape index (κ2) is 8.31. The van der Waals surface area contributed by atoms with Crippen molar-refractivity contribution in [1.29, 1.82) is 0 Å². The number of aliphatic hydroxyl groups is 1. The topological polar surface area (TPSA) is 59.3 Å². The van der Waals surface area contributed by atoms with Crippen molar-refractivity contribution in [3.63, 3.8) is 0 Å². The monoisotopic (exact) mass is 331 g/mol. The molecule has 0 saturated heterocycles. The number of benzene rings is 1. The van der Waals surface area contributed by atoms with E-state index in [1.807, 2.05) is 23.7 Å². The van der Waals surface area contributed by atoms with E-state index in [1.54, 1.807) is 7.11 Å². The minimum absolute atomic E-state index is 0.106. The number of hydrogen-bond acceptors (Lipinski definition) is 4. The summed E-state index contributed by atoms with van der Waals surface area (Å²) in [5, 5.41) is 17.3. The minimum Gasteiger partial charge on any atom is -0.497 e. The van der Waals surface area contributed by atoms with E-state index in [2.05, 4.69) is 43.3 Å². The summed E-state index contributed by atoms with van der Waals surface area (Å²) in [6, 6.07) is 8.50.